The lowest BCUT2D eigenvalue weighted by Crippen LogP contribution is -2.18. The van der Waals surface area contributed by atoms with E-state index >= 15 is 0 Å². The van der Waals surface area contributed by atoms with Crippen LogP contribution >= 0.6 is 0 Å². The van der Waals surface area contributed by atoms with Gasteiger partial charge in [0.15, 0.2) is 0 Å². The molecule has 3 aromatic rings. The van der Waals surface area contributed by atoms with Gasteiger partial charge in [0.05, 0.1) is 25.4 Å². The first-order valence-corrected chi connectivity index (χ1v) is 9.62. The van der Waals surface area contributed by atoms with Crippen molar-refractivity contribution < 1.29 is 24.0 Å². The van der Waals surface area contributed by atoms with E-state index < -0.39 is 16.7 Å². The van der Waals surface area contributed by atoms with E-state index in [9.17, 15) is 19.7 Å². The van der Waals surface area contributed by atoms with Gasteiger partial charge in [-0.1, -0.05) is 6.07 Å². The number of amides is 2. The van der Waals surface area contributed by atoms with Crippen LogP contribution in [0, 0.1) is 10.1 Å². The maximum absolute atomic E-state index is 12.3. The van der Waals surface area contributed by atoms with Crippen LogP contribution < -0.4 is 20.2 Å². The van der Waals surface area contributed by atoms with Gasteiger partial charge in [-0.05, 0) is 42.5 Å². The number of carbonyl (C=O) groups excluding carboxylic acids is 2. The van der Waals surface area contributed by atoms with Crippen molar-refractivity contribution in [3.63, 3.8) is 0 Å². The zero-order valence-corrected chi connectivity index (χ0v) is 17.8. The van der Waals surface area contributed by atoms with Crippen LogP contribution in [0.25, 0.3) is 0 Å². The van der Waals surface area contributed by atoms with Crippen LogP contribution in [0.5, 0.6) is 11.5 Å². The quantitative estimate of drug-likeness (QED) is 0.307. The molecule has 0 fully saturated rings. The van der Waals surface area contributed by atoms with E-state index in [2.05, 4.69) is 15.8 Å². The highest BCUT2D eigenvalue weighted by molar-refractivity contribution is 6.05. The van der Waals surface area contributed by atoms with Crippen LogP contribution in [0.15, 0.2) is 71.8 Å². The molecule has 0 aliphatic carbocycles. The highest BCUT2D eigenvalue weighted by Gasteiger charge is 2.12. The van der Waals surface area contributed by atoms with Crippen molar-refractivity contribution >= 4 is 29.4 Å². The second kappa shape index (κ2) is 10.5. The summed E-state index contributed by atoms with van der Waals surface area (Å²) in [7, 11) is 3.07. The summed E-state index contributed by atoms with van der Waals surface area (Å²) >= 11 is 0. The number of nitro groups is 1. The molecular weight excluding hydrogens is 428 g/mol. The minimum absolute atomic E-state index is 0.148. The molecule has 0 atom stereocenters. The topological polar surface area (TPSA) is 132 Å². The number of hydrogen-bond acceptors (Lipinski definition) is 7. The van der Waals surface area contributed by atoms with Gasteiger partial charge in [-0.25, -0.2) is 5.43 Å². The average molecular weight is 448 g/mol. The van der Waals surface area contributed by atoms with Gasteiger partial charge in [0, 0.05) is 40.6 Å². The molecule has 0 radical (unpaired) electrons. The van der Waals surface area contributed by atoms with Gasteiger partial charge in [0.1, 0.15) is 11.5 Å². The molecule has 10 heteroatoms. The molecule has 33 heavy (non-hydrogen) atoms. The molecule has 3 aromatic carbocycles. The largest absolute Gasteiger partial charge is 0.497 e. The number of hydrazone groups is 1. The fraction of sp³-hybridized carbons (Fsp3) is 0.0870. The Morgan fingerprint density at radius 1 is 0.939 bits per heavy atom. The molecule has 2 amide bonds. The molecule has 0 bridgehead atoms. The Balaban J connectivity index is 1.61. The predicted molar refractivity (Wildman–Crippen MR) is 122 cm³/mol. The summed E-state index contributed by atoms with van der Waals surface area (Å²) in [5.41, 5.74) is 3.79. The molecule has 0 saturated heterocycles. The van der Waals surface area contributed by atoms with Gasteiger partial charge >= 0.3 is 0 Å². The van der Waals surface area contributed by atoms with E-state index in [0.717, 1.165) is 0 Å². The molecule has 3 rings (SSSR count). The number of carbonyl (C=O) groups is 2. The lowest BCUT2D eigenvalue weighted by molar-refractivity contribution is -0.384. The number of rotatable bonds is 8. The number of benzene rings is 3. The van der Waals surface area contributed by atoms with Crippen LogP contribution in [-0.2, 0) is 0 Å². The number of anilines is 1. The molecule has 0 aliphatic rings. The van der Waals surface area contributed by atoms with Crippen LogP contribution in [0.4, 0.5) is 11.4 Å². The molecule has 168 valence electrons. The molecule has 0 heterocycles. The van der Waals surface area contributed by atoms with Gasteiger partial charge in [0.2, 0.25) is 0 Å². The van der Waals surface area contributed by atoms with Crippen LogP contribution in [0.3, 0.4) is 0 Å². The number of nitrogens with zero attached hydrogens (tertiary/aromatic N) is 2. The second-order valence-corrected chi connectivity index (χ2v) is 6.65. The highest BCUT2D eigenvalue weighted by atomic mass is 16.6. The van der Waals surface area contributed by atoms with Gasteiger partial charge in [-0.2, -0.15) is 5.10 Å². The number of ether oxygens (including phenoxy) is 2. The highest BCUT2D eigenvalue weighted by Crippen LogP contribution is 2.23. The minimum atomic E-state index is -0.572. The fourth-order valence-corrected chi connectivity index (χ4v) is 2.82. The predicted octanol–water partition coefficient (Wildman–Crippen LogP) is 3.63. The lowest BCUT2D eigenvalue weighted by atomic mass is 10.1. The first-order chi connectivity index (χ1) is 15.9. The first kappa shape index (κ1) is 22.9. The summed E-state index contributed by atoms with van der Waals surface area (Å²) in [6.07, 6.45) is 1.45. The maximum Gasteiger partial charge on any atom is 0.271 e. The van der Waals surface area contributed by atoms with Gasteiger partial charge in [-0.15, -0.1) is 0 Å². The monoisotopic (exact) mass is 448 g/mol. The van der Waals surface area contributed by atoms with E-state index in [1.165, 1.54) is 49.7 Å². The Morgan fingerprint density at radius 3 is 2.36 bits per heavy atom. The van der Waals surface area contributed by atoms with Crippen molar-refractivity contribution in [3.05, 3.63) is 93.5 Å². The molecule has 0 aromatic heterocycles. The van der Waals surface area contributed by atoms with Gasteiger partial charge in [-0.3, -0.25) is 19.7 Å². The van der Waals surface area contributed by atoms with E-state index in [4.69, 9.17) is 9.47 Å². The van der Waals surface area contributed by atoms with Crippen LogP contribution in [0.1, 0.15) is 26.3 Å². The Morgan fingerprint density at radius 2 is 1.70 bits per heavy atom. The molecule has 2 N–H and O–H groups in total. The SMILES string of the molecule is COc1ccc(C=NNC(=O)c2ccc(NC(=O)c3cccc([N+](=O)[O-])c3)cc2)c(OC)c1. The second-order valence-electron chi connectivity index (χ2n) is 6.65. The minimum Gasteiger partial charge on any atom is -0.497 e. The molecule has 0 unspecified atom stereocenters. The molecule has 0 saturated carbocycles. The fourth-order valence-electron chi connectivity index (χ4n) is 2.82. The van der Waals surface area contributed by atoms with Crippen molar-refractivity contribution in [2.45, 2.75) is 0 Å². The number of hydrogen-bond donors (Lipinski definition) is 2. The molecule has 10 nitrogen and oxygen atoms in total. The van der Waals surface area contributed by atoms with Crippen molar-refractivity contribution in [3.8, 4) is 11.5 Å². The number of nitro benzene ring substituents is 1. The normalized spacial score (nSPS) is 10.5. The Kier molecular flexibility index (Phi) is 7.32. The number of nitrogens with one attached hydrogen (secondary N) is 2. The van der Waals surface area contributed by atoms with Crippen molar-refractivity contribution in [2.75, 3.05) is 19.5 Å². The van der Waals surface area contributed by atoms with E-state index in [1.807, 2.05) is 0 Å². The summed E-state index contributed by atoms with van der Waals surface area (Å²) in [5.74, 6) is 0.214. The third-order valence-corrected chi connectivity index (χ3v) is 4.53. The third kappa shape index (κ3) is 5.91. The van der Waals surface area contributed by atoms with E-state index in [-0.39, 0.29) is 11.3 Å². The summed E-state index contributed by atoms with van der Waals surface area (Å²) < 4.78 is 10.4. The summed E-state index contributed by atoms with van der Waals surface area (Å²) in [5, 5.41) is 17.4. The zero-order chi connectivity index (χ0) is 23.8. The van der Waals surface area contributed by atoms with Crippen LogP contribution in [0.2, 0.25) is 0 Å². The third-order valence-electron chi connectivity index (χ3n) is 4.53. The summed E-state index contributed by atoms with van der Waals surface area (Å²) in [6, 6.07) is 16.7. The van der Waals surface area contributed by atoms with Gasteiger partial charge < -0.3 is 14.8 Å². The molecular formula is C23H20N4O6. The maximum atomic E-state index is 12.3. The smallest absolute Gasteiger partial charge is 0.271 e. The lowest BCUT2D eigenvalue weighted by Gasteiger charge is -2.07. The first-order valence-electron chi connectivity index (χ1n) is 9.62. The number of non-ortho nitro benzene ring substituents is 1. The van der Waals surface area contributed by atoms with Crippen molar-refractivity contribution in [2.24, 2.45) is 5.10 Å². The molecule has 0 spiro atoms. The Bertz CT molecular complexity index is 1210. The summed E-state index contributed by atoms with van der Waals surface area (Å²) in [4.78, 5) is 34.9. The zero-order valence-electron chi connectivity index (χ0n) is 17.8. The Hall–Kier alpha value is -4.73. The molecule has 0 aliphatic heterocycles. The van der Waals surface area contributed by atoms with E-state index in [0.29, 0.717) is 28.3 Å². The van der Waals surface area contributed by atoms with Crippen molar-refractivity contribution in [1.82, 2.24) is 5.43 Å². The van der Waals surface area contributed by atoms with Crippen LogP contribution in [-0.4, -0.2) is 37.2 Å². The standard InChI is InChI=1S/C23H20N4O6/c1-32-20-11-8-17(21(13-20)33-2)14-24-26-23(29)15-6-9-18(10-7-15)25-22(28)16-4-3-5-19(12-16)27(30)31/h3-14H,1-2H3,(H,25,28)(H,26,29). The van der Waals surface area contributed by atoms with Gasteiger partial charge in [0.25, 0.3) is 17.5 Å². The average Bonchev–Trinajstić information content (AvgIpc) is 2.84. The number of methoxy groups -OCH3 is 2. The van der Waals surface area contributed by atoms with Crippen molar-refractivity contribution in [1.29, 1.82) is 0 Å². The Labute approximate surface area is 189 Å². The van der Waals surface area contributed by atoms with E-state index in [1.54, 1.807) is 37.4 Å². The summed E-state index contributed by atoms with van der Waals surface area (Å²) in [6.45, 7) is 0.